The molecule has 8 aromatic heterocycles. The van der Waals surface area contributed by atoms with Crippen LogP contribution in [0, 0.1) is 97.5 Å². The molecule has 1 aliphatic carbocycles. The monoisotopic (exact) mass is 2080 g/mol. The molecule has 860 valence electrons. The van der Waals surface area contributed by atoms with Crippen molar-refractivity contribution in [1.29, 1.82) is 0 Å². The lowest BCUT2D eigenvalue weighted by molar-refractivity contribution is 0.322. The highest BCUT2D eigenvalue weighted by molar-refractivity contribution is 5.89. The first-order valence-electron chi connectivity index (χ1n) is 57.5. The molecule has 2 aliphatic rings. The van der Waals surface area contributed by atoms with Crippen LogP contribution in [-0.2, 0) is 101 Å². The van der Waals surface area contributed by atoms with Crippen LogP contribution >= 0.6 is 0 Å². The predicted octanol–water partition coefficient (Wildman–Crippen LogP) is 38.3. The van der Waals surface area contributed by atoms with E-state index < -0.39 is 0 Å². The summed E-state index contributed by atoms with van der Waals surface area (Å²) < 4.78 is 6.31. The van der Waals surface area contributed by atoms with Crippen LogP contribution in [-0.4, -0.2) is 85.4 Å². The van der Waals surface area contributed by atoms with Gasteiger partial charge in [-0.15, -0.1) is 15.3 Å². The van der Waals surface area contributed by atoms with Gasteiger partial charge in [-0.1, -0.05) is 444 Å². The molecule has 0 radical (unpaired) electrons. The average Bonchev–Trinajstić information content (AvgIpc) is 1.72. The van der Waals surface area contributed by atoms with E-state index in [1.54, 1.807) is 15.9 Å². The number of H-pyrrole nitrogens is 4. The highest BCUT2D eigenvalue weighted by Gasteiger charge is 2.29. The van der Waals surface area contributed by atoms with Gasteiger partial charge in [0.25, 0.3) is 0 Å². The molecule has 0 saturated carbocycles. The van der Waals surface area contributed by atoms with Gasteiger partial charge in [-0.3, -0.25) is 19.5 Å². The highest BCUT2D eigenvalue weighted by atomic mass is 15.6. The molecule has 17 nitrogen and oxygen atoms in total. The Morgan fingerprint density at radius 3 is 1.08 bits per heavy atom. The van der Waals surface area contributed by atoms with E-state index in [0.717, 1.165) is 133 Å². The van der Waals surface area contributed by atoms with Crippen molar-refractivity contribution < 1.29 is 0 Å². The average molecular weight is 2080 g/mol. The molecule has 0 unspecified atom stereocenters. The molecule has 0 fully saturated rings. The minimum absolute atomic E-state index is 0.0139. The number of imidazole rings is 1. The number of aliphatic imine (C=N–C) groups is 1. The van der Waals surface area contributed by atoms with E-state index in [1.165, 1.54) is 87.8 Å². The third-order valence-electron chi connectivity index (χ3n) is 22.4. The zero-order valence-electron chi connectivity index (χ0n) is 110. The maximum absolute atomic E-state index is 4.60. The van der Waals surface area contributed by atoms with Crippen LogP contribution in [0.1, 0.15) is 535 Å². The van der Waals surface area contributed by atoms with Gasteiger partial charge in [-0.05, 0) is 258 Å². The molecule has 17 heteroatoms. The Balaban J connectivity index is 0.000000833. The summed E-state index contributed by atoms with van der Waals surface area (Å²) in [4.78, 5) is 20.9. The Hall–Kier alpha value is -7.43. The summed E-state index contributed by atoms with van der Waals surface area (Å²) in [7, 11) is 0. The third-order valence-corrected chi connectivity index (χ3v) is 22.4. The number of rotatable bonds is 20. The summed E-state index contributed by atoms with van der Waals surface area (Å²) >= 11 is 0. The minimum atomic E-state index is -0.0139. The molecule has 0 spiro atoms. The number of aromatic nitrogens is 16. The zero-order chi connectivity index (χ0) is 117. The minimum Gasteiger partial charge on any atom is -0.365 e. The summed E-state index contributed by atoms with van der Waals surface area (Å²) in [6, 6.07) is 11.2. The largest absolute Gasteiger partial charge is 0.365 e. The zero-order valence-corrected chi connectivity index (χ0v) is 110. The van der Waals surface area contributed by atoms with Crippen molar-refractivity contribution in [2.75, 3.05) is 0 Å². The topological polar surface area (TPSA) is 198 Å². The maximum Gasteiger partial charge on any atom is 0.180 e. The lowest BCUT2D eigenvalue weighted by atomic mass is 9.84. The number of tetrazole rings is 1. The van der Waals surface area contributed by atoms with Gasteiger partial charge in [0.2, 0.25) is 0 Å². The number of aryl methyl sites for hydroxylation is 2. The van der Waals surface area contributed by atoms with E-state index in [1.807, 2.05) is 10.9 Å². The van der Waals surface area contributed by atoms with Crippen molar-refractivity contribution >= 4 is 5.71 Å². The standard InChI is InChI=1S/C15H26.4C14H25N.3C13H24N2.C12H23N3.C11H22N4/c1-14(2,3)10-12-7-8-13(9-12)11-15(4,5)6;3*1-13(2,3)8-11-7-12(15-10-11)9-14(4,5)6;1-13(2,3)9-12-7-8-15(10-12)11-14(4,5)6;1-12(2,3)7-10-9-14-11(15-10)8-13(4,5)6;1-12(2,3)8-10-7-11(15-14-10)9-13(4,5)6;1-12(2,3)9-11-7-8-15(14-11)10-13(4,5)6;1-11(2,3)7-8-15-9-10(13-14-15)12(4,5)6;1-10(2,3)7-8-15-13-9(12-14-15)11(4,5)6/h7-8H,9-11H2,1-6H3;10H,7-9H2,1-6H3;2*7,10,15H,8-9H2,1-6H3;7-8,10H,9,11H2,1-6H3;9H,7-8H2,1-6H3,(H,14,15);7H,8-9H2,1-6H3,(H,14,15);7-8H,9-10H2,1-6H3;9H,7-8H2,1-6H3;7-8H2,1-6H3. The maximum atomic E-state index is 4.60. The molecule has 9 heterocycles. The summed E-state index contributed by atoms with van der Waals surface area (Å²) in [5.74, 6) is 1.93. The van der Waals surface area contributed by atoms with Crippen LogP contribution in [0.25, 0.3) is 0 Å². The normalized spacial score (nSPS) is 14.1. The van der Waals surface area contributed by atoms with Crippen molar-refractivity contribution in [2.45, 2.75) is 568 Å². The highest BCUT2D eigenvalue weighted by Crippen LogP contribution is 2.39. The molecule has 0 bridgehead atoms. The fraction of sp³-hybridized carbons (Fsp3) is 0.767. The molecule has 10 rings (SSSR count). The van der Waals surface area contributed by atoms with E-state index in [4.69, 9.17) is 0 Å². The molecule has 1 aliphatic heterocycles. The summed E-state index contributed by atoms with van der Waals surface area (Å²) in [5.41, 5.74) is 25.6. The van der Waals surface area contributed by atoms with Gasteiger partial charge in [-0.25, -0.2) is 4.98 Å². The smallest absolute Gasteiger partial charge is 0.180 e. The predicted molar refractivity (Wildman–Crippen MR) is 657 cm³/mol. The molecule has 150 heavy (non-hydrogen) atoms. The Labute approximate surface area is 927 Å². The fourth-order valence-corrected chi connectivity index (χ4v) is 17.2. The van der Waals surface area contributed by atoms with Crippen LogP contribution in [0.2, 0.25) is 0 Å². The number of allylic oxidation sites excluding steroid dienone is 5. The van der Waals surface area contributed by atoms with Crippen molar-refractivity contribution in [2.24, 2.45) is 102 Å². The van der Waals surface area contributed by atoms with Gasteiger partial charge in [-0.2, -0.15) is 15.0 Å². The molecular weight excluding hydrogens is 1840 g/mol. The van der Waals surface area contributed by atoms with Crippen molar-refractivity contribution in [3.05, 3.63) is 177 Å². The molecule has 4 N–H and O–H groups in total. The van der Waals surface area contributed by atoms with E-state index >= 15 is 0 Å². The second-order valence-corrected chi connectivity index (χ2v) is 68.6. The van der Waals surface area contributed by atoms with E-state index in [2.05, 4.69) is 576 Å². The molecule has 0 aromatic carbocycles. The van der Waals surface area contributed by atoms with E-state index in [-0.39, 0.29) is 10.8 Å². The van der Waals surface area contributed by atoms with Crippen LogP contribution in [0.5, 0.6) is 0 Å². The Morgan fingerprint density at radius 1 is 0.300 bits per heavy atom. The Morgan fingerprint density at radius 2 is 0.693 bits per heavy atom. The van der Waals surface area contributed by atoms with Crippen molar-refractivity contribution in [3.63, 3.8) is 0 Å². The van der Waals surface area contributed by atoms with Gasteiger partial charge in [0.05, 0.1) is 23.6 Å². The quantitative estimate of drug-likeness (QED) is 0.0578. The third kappa shape index (κ3) is 78.7. The lowest BCUT2D eigenvalue weighted by Crippen LogP contribution is -2.16. The Bertz CT molecular complexity index is 4330. The molecule has 0 atom stereocenters. The van der Waals surface area contributed by atoms with Gasteiger partial charge in [0.1, 0.15) is 5.82 Å². The first kappa shape index (κ1) is 141. The second kappa shape index (κ2) is 56.5. The fourth-order valence-electron chi connectivity index (χ4n) is 17.2. The van der Waals surface area contributed by atoms with Gasteiger partial charge >= 0.3 is 0 Å². The number of nitrogens with one attached hydrogen (secondary N) is 4. The van der Waals surface area contributed by atoms with E-state index in [9.17, 15) is 0 Å². The number of hydrogen-bond donors (Lipinski definition) is 4. The molecule has 8 aromatic rings. The number of nitrogens with zero attached hydrogens (tertiary/aromatic N) is 13. The van der Waals surface area contributed by atoms with Crippen LogP contribution in [0.3, 0.4) is 0 Å². The van der Waals surface area contributed by atoms with Gasteiger partial charge in [0, 0.05) is 121 Å². The SMILES string of the molecule is CC(C)(C)CC1=CC=C(CC(C)(C)C)C1.CC(C)(C)CC1=CN=C(CC(C)(C)C)C1.CC(C)(C)CCn1cc(C(C)(C)C)nn1.CC(C)(C)CCn1nnc(C(C)(C)C)n1.CC(C)(C)Cc1c[nH]c(CC(C)(C)C)c1.CC(C)(C)Cc1c[nH]c(CC(C)(C)C)c1.CC(C)(C)Cc1cc(CC(C)(C)C)[nH]n1.CC(C)(C)Cc1ccn(CC(C)(C)C)c1.CC(C)(C)Cc1ccn(CC(C)(C)C)n1.CC(C)(C)Cc1cnc(CC(C)(C)C)[nH]1. The molecule has 0 saturated heterocycles. The molecule has 0 amide bonds. The van der Waals surface area contributed by atoms with Crippen LogP contribution < -0.4 is 0 Å². The van der Waals surface area contributed by atoms with Gasteiger partial charge < -0.3 is 19.5 Å². The summed E-state index contributed by atoms with van der Waals surface area (Å²) in [6.07, 6.45) is 41.9. The number of hydrogen-bond acceptors (Lipinski definition) is 9. The summed E-state index contributed by atoms with van der Waals surface area (Å²) in [5, 5.41) is 33.0. The lowest BCUT2D eigenvalue weighted by Gasteiger charge is -2.21. The van der Waals surface area contributed by atoms with Crippen molar-refractivity contribution in [1.82, 2.24) is 79.7 Å². The first-order valence-corrected chi connectivity index (χ1v) is 57.5. The summed E-state index contributed by atoms with van der Waals surface area (Å²) in [6.45, 7) is 139. The first-order chi connectivity index (χ1) is 66.6. The van der Waals surface area contributed by atoms with Crippen LogP contribution in [0.15, 0.2) is 114 Å². The second-order valence-electron chi connectivity index (χ2n) is 68.6. The van der Waals surface area contributed by atoms with E-state index in [0.29, 0.717) is 97.5 Å². The van der Waals surface area contributed by atoms with Crippen LogP contribution in [0.4, 0.5) is 0 Å². The molecular formula is C133H243N17. The Kier molecular flexibility index (Phi) is 52.9. The number of aromatic amines is 4. The van der Waals surface area contributed by atoms with Crippen molar-refractivity contribution in [3.8, 4) is 0 Å². The van der Waals surface area contributed by atoms with Gasteiger partial charge in [0.15, 0.2) is 5.82 Å².